The number of rotatable bonds is 6. The normalized spacial score (nSPS) is 10.9. The number of carbonyl (C=O) groups is 1. The van der Waals surface area contributed by atoms with Crippen molar-refractivity contribution in [2.24, 2.45) is 0 Å². The van der Waals surface area contributed by atoms with Gasteiger partial charge in [0, 0.05) is 12.2 Å². The van der Waals surface area contributed by atoms with Crippen LogP contribution in [0.15, 0.2) is 41.8 Å². The summed E-state index contributed by atoms with van der Waals surface area (Å²) in [6, 6.07) is 5.58. The van der Waals surface area contributed by atoms with Gasteiger partial charge in [-0.1, -0.05) is 6.08 Å². The number of hydrogen-bond donors (Lipinski definition) is 3. The maximum absolute atomic E-state index is 11.8. The molecule has 7 heteroatoms. The van der Waals surface area contributed by atoms with Crippen molar-refractivity contribution in [3.05, 3.63) is 36.9 Å². The molecule has 0 atom stereocenters. The number of nitrogens with two attached hydrogens (primary N) is 1. The molecule has 0 unspecified atom stereocenters. The maximum Gasteiger partial charge on any atom is 0.264 e. The first-order valence-electron chi connectivity index (χ1n) is 5.18. The summed E-state index contributed by atoms with van der Waals surface area (Å²) in [5, 5.41) is 2.70. The van der Waals surface area contributed by atoms with Crippen molar-refractivity contribution < 1.29 is 13.2 Å². The van der Waals surface area contributed by atoms with Crippen LogP contribution in [-0.2, 0) is 14.8 Å². The van der Waals surface area contributed by atoms with Crippen LogP contribution in [0, 0.1) is 0 Å². The molecule has 0 saturated carbocycles. The molecule has 4 N–H and O–H groups in total. The second kappa shape index (κ2) is 6.18. The highest BCUT2D eigenvalue weighted by atomic mass is 32.2. The molecule has 1 amide bonds. The van der Waals surface area contributed by atoms with Crippen LogP contribution in [0.4, 0.5) is 5.69 Å². The minimum Gasteiger partial charge on any atom is -0.399 e. The van der Waals surface area contributed by atoms with Gasteiger partial charge in [0.15, 0.2) is 0 Å². The quantitative estimate of drug-likeness (QED) is 0.379. The van der Waals surface area contributed by atoms with E-state index < -0.39 is 15.9 Å². The van der Waals surface area contributed by atoms with Crippen molar-refractivity contribution in [1.82, 2.24) is 10.0 Å². The molecule has 0 aromatic heterocycles. The van der Waals surface area contributed by atoms with Crippen molar-refractivity contribution in [2.75, 3.05) is 18.8 Å². The Kier molecular flexibility index (Phi) is 4.87. The fourth-order valence-electron chi connectivity index (χ4n) is 1.18. The van der Waals surface area contributed by atoms with Crippen molar-refractivity contribution >= 4 is 21.6 Å². The van der Waals surface area contributed by atoms with Crippen LogP contribution >= 0.6 is 0 Å². The van der Waals surface area contributed by atoms with Crippen LogP contribution in [0.5, 0.6) is 0 Å². The van der Waals surface area contributed by atoms with Crippen LogP contribution < -0.4 is 15.8 Å². The first-order valence-corrected chi connectivity index (χ1v) is 6.67. The lowest BCUT2D eigenvalue weighted by atomic mass is 10.3. The highest BCUT2D eigenvalue weighted by molar-refractivity contribution is 7.90. The van der Waals surface area contributed by atoms with Crippen LogP contribution in [0.2, 0.25) is 0 Å². The lowest BCUT2D eigenvalue weighted by molar-refractivity contribution is -0.118. The van der Waals surface area contributed by atoms with Gasteiger partial charge in [-0.05, 0) is 24.3 Å². The minimum atomic E-state index is -3.83. The lowest BCUT2D eigenvalue weighted by Crippen LogP contribution is -2.37. The van der Waals surface area contributed by atoms with E-state index in [0.29, 0.717) is 12.2 Å². The summed E-state index contributed by atoms with van der Waals surface area (Å²) in [5.41, 5.74) is 5.90. The molecule has 0 spiro atoms. The lowest BCUT2D eigenvalue weighted by Gasteiger charge is -2.07. The van der Waals surface area contributed by atoms with E-state index in [1.807, 2.05) is 4.72 Å². The molecule has 6 nitrogen and oxygen atoms in total. The molecule has 18 heavy (non-hydrogen) atoms. The zero-order valence-electron chi connectivity index (χ0n) is 9.72. The number of nitrogens with one attached hydrogen (secondary N) is 2. The van der Waals surface area contributed by atoms with E-state index in [1.54, 1.807) is 6.08 Å². The largest absolute Gasteiger partial charge is 0.399 e. The smallest absolute Gasteiger partial charge is 0.264 e. The molecule has 98 valence electrons. The average Bonchev–Trinajstić information content (AvgIpc) is 2.29. The standard InChI is InChI=1S/C11H15N3O3S/c1-2-7-13-8-11(15)14-18(16,17)10-5-3-9(12)4-6-10/h2-6,13H,1,7-8,12H2,(H,14,15). The number of benzene rings is 1. The Morgan fingerprint density at radius 2 is 1.94 bits per heavy atom. The molecule has 0 aliphatic rings. The van der Waals surface area contributed by atoms with Gasteiger partial charge in [-0.3, -0.25) is 4.79 Å². The van der Waals surface area contributed by atoms with Gasteiger partial charge in [0.25, 0.3) is 10.0 Å². The molecule has 0 fully saturated rings. The Labute approximate surface area is 106 Å². The van der Waals surface area contributed by atoms with Gasteiger partial charge >= 0.3 is 0 Å². The first kappa shape index (κ1) is 14.2. The zero-order chi connectivity index (χ0) is 13.6. The van der Waals surface area contributed by atoms with Crippen LogP contribution in [-0.4, -0.2) is 27.4 Å². The van der Waals surface area contributed by atoms with Crippen molar-refractivity contribution in [3.63, 3.8) is 0 Å². The van der Waals surface area contributed by atoms with E-state index in [9.17, 15) is 13.2 Å². The van der Waals surface area contributed by atoms with Crippen molar-refractivity contribution in [2.45, 2.75) is 4.90 Å². The van der Waals surface area contributed by atoms with Crippen LogP contribution in [0.1, 0.15) is 0 Å². The van der Waals surface area contributed by atoms with E-state index in [0.717, 1.165) is 0 Å². The molecule has 0 aliphatic heterocycles. The highest BCUT2D eigenvalue weighted by Gasteiger charge is 2.16. The molecule has 1 aromatic rings. The number of amides is 1. The fraction of sp³-hybridized carbons (Fsp3) is 0.182. The van der Waals surface area contributed by atoms with E-state index in [-0.39, 0.29) is 11.4 Å². The molecule has 0 radical (unpaired) electrons. The molecule has 1 rings (SSSR count). The predicted molar refractivity (Wildman–Crippen MR) is 69.2 cm³/mol. The van der Waals surface area contributed by atoms with E-state index in [2.05, 4.69) is 11.9 Å². The summed E-state index contributed by atoms with van der Waals surface area (Å²) >= 11 is 0. The summed E-state index contributed by atoms with van der Waals surface area (Å²) in [6.07, 6.45) is 1.57. The number of anilines is 1. The zero-order valence-corrected chi connectivity index (χ0v) is 10.5. The molecular weight excluding hydrogens is 254 g/mol. The summed E-state index contributed by atoms with van der Waals surface area (Å²) in [4.78, 5) is 11.4. The van der Waals surface area contributed by atoms with Crippen molar-refractivity contribution in [1.29, 1.82) is 0 Å². The second-order valence-electron chi connectivity index (χ2n) is 3.52. The Morgan fingerprint density at radius 1 is 1.33 bits per heavy atom. The minimum absolute atomic E-state index is 0.00577. The third kappa shape index (κ3) is 4.19. The maximum atomic E-state index is 11.8. The predicted octanol–water partition coefficient (Wildman–Crippen LogP) is -0.151. The summed E-state index contributed by atoms with van der Waals surface area (Å²) in [6.45, 7) is 3.79. The SMILES string of the molecule is C=CCNCC(=O)NS(=O)(=O)c1ccc(N)cc1. The number of carbonyl (C=O) groups excluding carboxylic acids is 1. The van der Waals surface area contributed by atoms with Gasteiger partial charge < -0.3 is 11.1 Å². The summed E-state index contributed by atoms with van der Waals surface area (Å²) in [7, 11) is -3.83. The average molecular weight is 269 g/mol. The highest BCUT2D eigenvalue weighted by Crippen LogP contribution is 2.10. The second-order valence-corrected chi connectivity index (χ2v) is 5.20. The van der Waals surface area contributed by atoms with E-state index >= 15 is 0 Å². The number of hydrogen-bond acceptors (Lipinski definition) is 5. The third-order valence-electron chi connectivity index (χ3n) is 2.01. The Bertz CT molecular complexity index is 523. The van der Waals surface area contributed by atoms with Crippen molar-refractivity contribution in [3.8, 4) is 0 Å². The van der Waals surface area contributed by atoms with Gasteiger partial charge in [-0.2, -0.15) is 0 Å². The van der Waals surface area contributed by atoms with Gasteiger partial charge in [0.2, 0.25) is 5.91 Å². The Morgan fingerprint density at radius 3 is 2.50 bits per heavy atom. The molecule has 1 aromatic carbocycles. The molecule has 0 aliphatic carbocycles. The van der Waals surface area contributed by atoms with Gasteiger partial charge in [0.05, 0.1) is 11.4 Å². The van der Waals surface area contributed by atoms with Crippen LogP contribution in [0.3, 0.4) is 0 Å². The van der Waals surface area contributed by atoms with E-state index in [4.69, 9.17) is 5.73 Å². The summed E-state index contributed by atoms with van der Waals surface area (Å²) in [5.74, 6) is -0.631. The van der Waals surface area contributed by atoms with Gasteiger partial charge in [0.1, 0.15) is 0 Å². The molecule has 0 heterocycles. The summed E-state index contributed by atoms with van der Waals surface area (Å²) < 4.78 is 25.5. The number of nitrogen functional groups attached to an aromatic ring is 1. The molecular formula is C11H15N3O3S. The van der Waals surface area contributed by atoms with Crippen LogP contribution in [0.25, 0.3) is 0 Å². The van der Waals surface area contributed by atoms with Gasteiger partial charge in [-0.25, -0.2) is 13.1 Å². The first-order chi connectivity index (χ1) is 8.45. The van der Waals surface area contributed by atoms with E-state index in [1.165, 1.54) is 24.3 Å². The third-order valence-corrected chi connectivity index (χ3v) is 3.40. The fourth-order valence-corrected chi connectivity index (χ4v) is 2.16. The monoisotopic (exact) mass is 269 g/mol. The topological polar surface area (TPSA) is 101 Å². The number of sulfonamides is 1. The molecule has 0 bridgehead atoms. The Hall–Kier alpha value is -1.86. The molecule has 0 saturated heterocycles. The Balaban J connectivity index is 2.67. The van der Waals surface area contributed by atoms with Gasteiger partial charge in [-0.15, -0.1) is 6.58 Å².